The summed E-state index contributed by atoms with van der Waals surface area (Å²) in [6.45, 7) is 2.65. The lowest BCUT2D eigenvalue weighted by molar-refractivity contribution is 0.185. The van der Waals surface area contributed by atoms with E-state index in [0.29, 0.717) is 11.4 Å². The molecule has 0 aliphatic heterocycles. The zero-order valence-electron chi connectivity index (χ0n) is 11.5. The van der Waals surface area contributed by atoms with E-state index in [0.717, 1.165) is 22.3 Å². The molecule has 0 aliphatic carbocycles. The number of nitrogens with zero attached hydrogens (tertiary/aromatic N) is 1. The van der Waals surface area contributed by atoms with Crippen LogP contribution in [0.15, 0.2) is 42.5 Å². The average Bonchev–Trinajstić information content (AvgIpc) is 2.78. The van der Waals surface area contributed by atoms with Crippen molar-refractivity contribution in [2.24, 2.45) is 0 Å². The van der Waals surface area contributed by atoms with Gasteiger partial charge in [0.05, 0.1) is 23.3 Å². The van der Waals surface area contributed by atoms with Gasteiger partial charge < -0.3 is 9.72 Å². The number of hydrogen-bond donors (Lipinski definition) is 1. The van der Waals surface area contributed by atoms with Crippen molar-refractivity contribution in [1.82, 2.24) is 9.55 Å². The Kier molecular flexibility index (Phi) is 3.42. The third-order valence-corrected chi connectivity index (χ3v) is 3.74. The van der Waals surface area contributed by atoms with Gasteiger partial charge in [0, 0.05) is 12.7 Å². The number of nitrogens with one attached hydrogen (secondary N) is 1. The van der Waals surface area contributed by atoms with Gasteiger partial charge in [0.2, 0.25) is 0 Å². The van der Waals surface area contributed by atoms with Crippen LogP contribution >= 0.6 is 12.2 Å². The number of ether oxygens (including phenoxy) is 1. The van der Waals surface area contributed by atoms with Gasteiger partial charge in [-0.15, -0.1) is 0 Å². The Morgan fingerprint density at radius 3 is 2.75 bits per heavy atom. The molecule has 0 spiro atoms. The van der Waals surface area contributed by atoms with Crippen LogP contribution in [0.1, 0.15) is 11.1 Å². The molecule has 0 radical (unpaired) electrons. The molecular formula is C16H16N2OS. The van der Waals surface area contributed by atoms with E-state index in [1.807, 2.05) is 12.1 Å². The number of aryl methyl sites for hydroxylation is 1. The van der Waals surface area contributed by atoms with E-state index in [1.54, 1.807) is 7.11 Å². The fourth-order valence-electron chi connectivity index (χ4n) is 2.52. The fourth-order valence-corrected chi connectivity index (χ4v) is 2.82. The SMILES string of the molecule is COCc1ccccc1-n1c(=S)[nH]c2c(C)cccc21. The standard InChI is InChI=1S/C16H16N2OS/c1-11-6-5-9-14-15(11)17-16(20)18(14)13-8-4-3-7-12(13)10-19-2/h3-9H,10H2,1-2H3,(H,17,20). The lowest BCUT2D eigenvalue weighted by atomic mass is 10.1. The van der Waals surface area contributed by atoms with Gasteiger partial charge in [-0.05, 0) is 36.8 Å². The summed E-state index contributed by atoms with van der Waals surface area (Å²) in [7, 11) is 1.70. The molecule has 102 valence electrons. The van der Waals surface area contributed by atoms with Crippen LogP contribution in [0.4, 0.5) is 0 Å². The number of aromatic nitrogens is 2. The molecule has 4 heteroatoms. The maximum Gasteiger partial charge on any atom is 0.182 e. The third kappa shape index (κ3) is 2.07. The summed E-state index contributed by atoms with van der Waals surface area (Å²) in [5.41, 5.74) is 5.56. The largest absolute Gasteiger partial charge is 0.380 e. The topological polar surface area (TPSA) is 29.9 Å². The molecule has 0 atom stereocenters. The number of hydrogen-bond acceptors (Lipinski definition) is 2. The summed E-state index contributed by atoms with van der Waals surface area (Å²) in [5.74, 6) is 0. The highest BCUT2D eigenvalue weighted by molar-refractivity contribution is 7.71. The van der Waals surface area contributed by atoms with Gasteiger partial charge in [0.25, 0.3) is 0 Å². The molecule has 0 amide bonds. The zero-order valence-corrected chi connectivity index (χ0v) is 12.3. The Bertz CT molecular complexity index is 817. The van der Waals surface area contributed by atoms with Crippen molar-refractivity contribution >= 4 is 23.3 Å². The van der Waals surface area contributed by atoms with Crippen LogP contribution in [0, 0.1) is 11.7 Å². The molecule has 0 bridgehead atoms. The number of benzene rings is 2. The predicted octanol–water partition coefficient (Wildman–Crippen LogP) is 4.14. The van der Waals surface area contributed by atoms with Crippen LogP contribution in [0.25, 0.3) is 16.7 Å². The normalized spacial score (nSPS) is 11.1. The second-order valence-corrected chi connectivity index (χ2v) is 5.18. The van der Waals surface area contributed by atoms with Crippen LogP contribution < -0.4 is 0 Å². The van der Waals surface area contributed by atoms with Crippen LogP contribution in [0.5, 0.6) is 0 Å². The van der Waals surface area contributed by atoms with Crippen LogP contribution in [-0.2, 0) is 11.3 Å². The molecule has 0 saturated carbocycles. The minimum Gasteiger partial charge on any atom is -0.380 e. The van der Waals surface area contributed by atoms with Gasteiger partial charge in [0.15, 0.2) is 4.77 Å². The maximum atomic E-state index is 5.50. The van der Waals surface area contributed by atoms with E-state index in [4.69, 9.17) is 17.0 Å². The highest BCUT2D eigenvalue weighted by Gasteiger charge is 2.10. The summed E-state index contributed by atoms with van der Waals surface area (Å²) in [4.78, 5) is 3.30. The molecule has 0 aliphatic rings. The minimum atomic E-state index is 0.566. The number of H-pyrrole nitrogens is 1. The van der Waals surface area contributed by atoms with Crippen molar-refractivity contribution in [3.8, 4) is 5.69 Å². The molecule has 20 heavy (non-hydrogen) atoms. The first-order chi connectivity index (χ1) is 9.72. The molecule has 0 saturated heterocycles. The Labute approximate surface area is 122 Å². The lowest BCUT2D eigenvalue weighted by Crippen LogP contribution is -2.00. The quantitative estimate of drug-likeness (QED) is 0.732. The Hall–Kier alpha value is -1.91. The van der Waals surface area contributed by atoms with E-state index in [9.17, 15) is 0 Å². The van der Waals surface area contributed by atoms with Crippen molar-refractivity contribution in [1.29, 1.82) is 0 Å². The average molecular weight is 284 g/mol. The van der Waals surface area contributed by atoms with Crippen molar-refractivity contribution in [2.75, 3.05) is 7.11 Å². The lowest BCUT2D eigenvalue weighted by Gasteiger charge is -2.10. The van der Waals surface area contributed by atoms with Gasteiger partial charge >= 0.3 is 0 Å². The summed E-state index contributed by atoms with van der Waals surface area (Å²) >= 11 is 5.50. The second-order valence-electron chi connectivity index (χ2n) is 4.80. The molecule has 0 fully saturated rings. The number of methoxy groups -OCH3 is 1. The smallest absolute Gasteiger partial charge is 0.182 e. The Balaban J connectivity index is 2.33. The first-order valence-corrected chi connectivity index (χ1v) is 6.91. The second kappa shape index (κ2) is 5.23. The fraction of sp³-hybridized carbons (Fsp3) is 0.188. The molecule has 3 nitrogen and oxygen atoms in total. The Morgan fingerprint density at radius 2 is 1.95 bits per heavy atom. The summed E-state index contributed by atoms with van der Waals surface area (Å²) < 4.78 is 8.07. The first kappa shape index (κ1) is 13.1. The molecule has 2 aromatic carbocycles. The van der Waals surface area contributed by atoms with E-state index < -0.39 is 0 Å². The monoisotopic (exact) mass is 284 g/mol. The van der Waals surface area contributed by atoms with Crippen molar-refractivity contribution < 1.29 is 4.74 Å². The molecular weight excluding hydrogens is 268 g/mol. The molecule has 0 unspecified atom stereocenters. The van der Waals surface area contributed by atoms with E-state index in [1.165, 1.54) is 5.56 Å². The van der Waals surface area contributed by atoms with Crippen molar-refractivity contribution in [3.05, 3.63) is 58.4 Å². The van der Waals surface area contributed by atoms with Crippen LogP contribution in [0.2, 0.25) is 0 Å². The third-order valence-electron chi connectivity index (χ3n) is 3.46. The number of aromatic amines is 1. The first-order valence-electron chi connectivity index (χ1n) is 6.50. The molecule has 1 heterocycles. The molecule has 1 aromatic heterocycles. The summed E-state index contributed by atoms with van der Waals surface area (Å²) in [6, 6.07) is 14.4. The minimum absolute atomic E-state index is 0.566. The summed E-state index contributed by atoms with van der Waals surface area (Å²) in [5, 5.41) is 0. The van der Waals surface area contributed by atoms with Crippen LogP contribution in [-0.4, -0.2) is 16.7 Å². The molecule has 3 aromatic rings. The number of imidazole rings is 1. The Morgan fingerprint density at radius 1 is 1.15 bits per heavy atom. The van der Waals surface area contributed by atoms with E-state index in [2.05, 4.69) is 46.8 Å². The predicted molar refractivity (Wildman–Crippen MR) is 83.9 cm³/mol. The number of fused-ring (bicyclic) bond motifs is 1. The van der Waals surface area contributed by atoms with Gasteiger partial charge in [-0.3, -0.25) is 4.57 Å². The van der Waals surface area contributed by atoms with E-state index in [-0.39, 0.29) is 0 Å². The van der Waals surface area contributed by atoms with E-state index >= 15 is 0 Å². The van der Waals surface area contributed by atoms with Gasteiger partial charge in [-0.25, -0.2) is 0 Å². The highest BCUT2D eigenvalue weighted by Crippen LogP contribution is 2.24. The van der Waals surface area contributed by atoms with Crippen molar-refractivity contribution in [2.45, 2.75) is 13.5 Å². The molecule has 3 rings (SSSR count). The maximum absolute atomic E-state index is 5.50. The molecule has 1 N–H and O–H groups in total. The van der Waals surface area contributed by atoms with Gasteiger partial charge in [0.1, 0.15) is 0 Å². The highest BCUT2D eigenvalue weighted by atomic mass is 32.1. The number of rotatable bonds is 3. The van der Waals surface area contributed by atoms with Gasteiger partial charge in [-0.2, -0.15) is 0 Å². The number of para-hydroxylation sites is 2. The van der Waals surface area contributed by atoms with Crippen LogP contribution in [0.3, 0.4) is 0 Å². The van der Waals surface area contributed by atoms with Crippen molar-refractivity contribution in [3.63, 3.8) is 0 Å². The van der Waals surface area contributed by atoms with Gasteiger partial charge in [-0.1, -0.05) is 30.3 Å². The zero-order chi connectivity index (χ0) is 14.1. The summed E-state index contributed by atoms with van der Waals surface area (Å²) in [6.07, 6.45) is 0.